The second-order valence-electron chi connectivity index (χ2n) is 10.7. The number of thiophene rings is 1. The molecule has 6 rings (SSSR count). The fourth-order valence-electron chi connectivity index (χ4n) is 5.56. The molecule has 8 heteroatoms. The van der Waals surface area contributed by atoms with E-state index in [1.807, 2.05) is 12.3 Å². The number of carbonyl (C=O) groups is 1. The third kappa shape index (κ3) is 4.53. The molecule has 0 amide bonds. The number of ketones is 1. The van der Waals surface area contributed by atoms with E-state index in [2.05, 4.69) is 58.2 Å². The monoisotopic (exact) mass is 503 g/mol. The number of rotatable bonds is 4. The Kier molecular flexibility index (Phi) is 6.27. The summed E-state index contributed by atoms with van der Waals surface area (Å²) in [6.07, 6.45) is 3.33. The Morgan fingerprint density at radius 2 is 1.83 bits per heavy atom. The summed E-state index contributed by atoms with van der Waals surface area (Å²) in [6, 6.07) is 10.5. The molecule has 188 valence electrons. The Morgan fingerprint density at radius 1 is 1.03 bits per heavy atom. The summed E-state index contributed by atoms with van der Waals surface area (Å²) in [5, 5.41) is 4.57. The van der Waals surface area contributed by atoms with E-state index in [4.69, 9.17) is 9.72 Å². The van der Waals surface area contributed by atoms with E-state index >= 15 is 0 Å². The molecule has 0 atom stereocenters. The van der Waals surface area contributed by atoms with Gasteiger partial charge in [-0.15, -0.1) is 11.3 Å². The van der Waals surface area contributed by atoms with Crippen LogP contribution in [0.4, 0.5) is 10.7 Å². The van der Waals surface area contributed by atoms with Gasteiger partial charge in [0.1, 0.15) is 5.00 Å². The van der Waals surface area contributed by atoms with Crippen molar-refractivity contribution in [3.05, 3.63) is 47.0 Å². The summed E-state index contributed by atoms with van der Waals surface area (Å²) in [4.78, 5) is 28.6. The van der Waals surface area contributed by atoms with Crippen LogP contribution in [0, 0.1) is 5.41 Å². The first-order chi connectivity index (χ1) is 17.5. The summed E-state index contributed by atoms with van der Waals surface area (Å²) in [5.41, 5.74) is 5.33. The number of Topliss-reactive ketones (excluding diaryl/α,β-unsaturated/α-hetero) is 1. The van der Waals surface area contributed by atoms with Gasteiger partial charge in [0.05, 0.1) is 23.8 Å². The van der Waals surface area contributed by atoms with Crippen LogP contribution < -0.4 is 15.1 Å². The minimum atomic E-state index is -0.0598. The summed E-state index contributed by atoms with van der Waals surface area (Å²) >= 11 is 1.64. The number of nitrogens with zero attached hydrogens (tertiary/aromatic N) is 4. The highest BCUT2D eigenvalue weighted by atomic mass is 32.1. The van der Waals surface area contributed by atoms with E-state index in [0.29, 0.717) is 19.6 Å². The van der Waals surface area contributed by atoms with Crippen molar-refractivity contribution in [2.75, 3.05) is 62.3 Å². The molecule has 4 heterocycles. The van der Waals surface area contributed by atoms with Crippen molar-refractivity contribution in [3.8, 4) is 22.6 Å². The molecule has 2 aromatic heterocycles. The molecular weight excluding hydrogens is 470 g/mol. The zero-order chi connectivity index (χ0) is 24.7. The number of benzene rings is 1. The Labute approximate surface area is 216 Å². The number of carbonyl (C=O) groups excluding carboxylic acids is 1. The second-order valence-corrected chi connectivity index (χ2v) is 11.7. The summed E-state index contributed by atoms with van der Waals surface area (Å²) < 4.78 is 5.62. The van der Waals surface area contributed by atoms with E-state index in [9.17, 15) is 4.79 Å². The van der Waals surface area contributed by atoms with Crippen LogP contribution in [-0.2, 0) is 11.2 Å². The van der Waals surface area contributed by atoms with Crippen molar-refractivity contribution < 1.29 is 9.53 Å². The standard InChI is InChI=1S/C28H33N5O2S/c1-28(2)17-21-24(27(33-12-14-35-15-13-33)36-25(21)23(34)18-28)22-6-7-30-26(31-22)19-4-3-5-20(16-19)32-10-8-29-9-11-32/h3-7,16,29H,8-15,17-18H2,1-2H3. The predicted molar refractivity (Wildman–Crippen MR) is 145 cm³/mol. The lowest BCUT2D eigenvalue weighted by molar-refractivity contribution is 0.0918. The van der Waals surface area contributed by atoms with Gasteiger partial charge in [-0.2, -0.15) is 0 Å². The molecule has 0 bridgehead atoms. The van der Waals surface area contributed by atoms with Gasteiger partial charge >= 0.3 is 0 Å². The highest BCUT2D eigenvalue weighted by Gasteiger charge is 2.37. The van der Waals surface area contributed by atoms with Crippen molar-refractivity contribution in [1.82, 2.24) is 15.3 Å². The molecule has 2 aliphatic heterocycles. The molecule has 36 heavy (non-hydrogen) atoms. The van der Waals surface area contributed by atoms with Crippen LogP contribution in [0.2, 0.25) is 0 Å². The minimum absolute atomic E-state index is 0.0598. The molecule has 0 unspecified atom stereocenters. The van der Waals surface area contributed by atoms with Gasteiger partial charge in [0.25, 0.3) is 0 Å². The zero-order valence-electron chi connectivity index (χ0n) is 21.0. The van der Waals surface area contributed by atoms with E-state index in [1.54, 1.807) is 11.3 Å². The summed E-state index contributed by atoms with van der Waals surface area (Å²) in [5.74, 6) is 0.976. The van der Waals surface area contributed by atoms with Gasteiger partial charge in [0.15, 0.2) is 11.6 Å². The number of aromatic nitrogens is 2. The third-order valence-corrected chi connectivity index (χ3v) is 8.67. The average Bonchev–Trinajstić information content (AvgIpc) is 3.28. The van der Waals surface area contributed by atoms with Crippen LogP contribution in [0.15, 0.2) is 36.5 Å². The Morgan fingerprint density at radius 3 is 2.64 bits per heavy atom. The number of anilines is 2. The lowest BCUT2D eigenvalue weighted by Crippen LogP contribution is -2.43. The van der Waals surface area contributed by atoms with Crippen LogP contribution in [0.5, 0.6) is 0 Å². The van der Waals surface area contributed by atoms with Gasteiger partial charge in [-0.1, -0.05) is 26.0 Å². The maximum Gasteiger partial charge on any atom is 0.173 e. The van der Waals surface area contributed by atoms with E-state index in [1.165, 1.54) is 5.69 Å². The van der Waals surface area contributed by atoms with Crippen molar-refractivity contribution in [3.63, 3.8) is 0 Å². The Balaban J connectivity index is 1.43. The van der Waals surface area contributed by atoms with Crippen LogP contribution >= 0.6 is 11.3 Å². The number of piperazine rings is 1. The second kappa shape index (κ2) is 9.57. The van der Waals surface area contributed by atoms with E-state index < -0.39 is 0 Å². The number of morpholine rings is 1. The van der Waals surface area contributed by atoms with Crippen LogP contribution in [-0.4, -0.2) is 68.2 Å². The number of ether oxygens (including phenoxy) is 1. The van der Waals surface area contributed by atoms with Crippen LogP contribution in [0.1, 0.15) is 35.5 Å². The van der Waals surface area contributed by atoms with Gasteiger partial charge in [-0.3, -0.25) is 4.79 Å². The quantitative estimate of drug-likeness (QED) is 0.570. The molecule has 3 aromatic rings. The lowest BCUT2D eigenvalue weighted by Gasteiger charge is -2.30. The van der Waals surface area contributed by atoms with Crippen molar-refractivity contribution >= 4 is 27.8 Å². The highest BCUT2D eigenvalue weighted by Crippen LogP contribution is 2.49. The fraction of sp³-hybridized carbons (Fsp3) is 0.464. The number of fused-ring (bicyclic) bond motifs is 1. The molecule has 0 saturated carbocycles. The molecule has 0 radical (unpaired) electrons. The Bertz CT molecular complexity index is 1270. The molecule has 1 aliphatic carbocycles. The van der Waals surface area contributed by atoms with Crippen molar-refractivity contribution in [2.45, 2.75) is 26.7 Å². The zero-order valence-corrected chi connectivity index (χ0v) is 21.9. The molecule has 1 N–H and O–H groups in total. The van der Waals surface area contributed by atoms with Gasteiger partial charge < -0.3 is 19.9 Å². The van der Waals surface area contributed by atoms with Crippen LogP contribution in [0.3, 0.4) is 0 Å². The van der Waals surface area contributed by atoms with E-state index in [0.717, 1.165) is 83.8 Å². The third-order valence-electron chi connectivity index (χ3n) is 7.33. The normalized spacial score (nSPS) is 19.9. The number of nitrogens with one attached hydrogen (secondary N) is 1. The smallest absolute Gasteiger partial charge is 0.173 e. The summed E-state index contributed by atoms with van der Waals surface area (Å²) in [7, 11) is 0. The lowest BCUT2D eigenvalue weighted by atomic mass is 9.75. The molecule has 1 aromatic carbocycles. The van der Waals surface area contributed by atoms with Gasteiger partial charge in [-0.25, -0.2) is 9.97 Å². The average molecular weight is 504 g/mol. The van der Waals surface area contributed by atoms with Crippen LogP contribution in [0.25, 0.3) is 22.6 Å². The molecule has 2 fully saturated rings. The van der Waals surface area contributed by atoms with Gasteiger partial charge in [0, 0.05) is 68.7 Å². The topological polar surface area (TPSA) is 70.6 Å². The predicted octanol–water partition coefficient (Wildman–Crippen LogP) is 4.27. The fourth-order valence-corrected chi connectivity index (χ4v) is 6.88. The summed E-state index contributed by atoms with van der Waals surface area (Å²) in [6.45, 7) is 11.4. The maximum atomic E-state index is 13.2. The SMILES string of the molecule is CC1(C)CC(=O)c2sc(N3CCOCC3)c(-c3ccnc(-c4cccc(N5CCNCC5)c4)n3)c2C1. The highest BCUT2D eigenvalue weighted by molar-refractivity contribution is 7.19. The number of hydrogen-bond donors (Lipinski definition) is 1. The number of hydrogen-bond acceptors (Lipinski definition) is 8. The molecule has 3 aliphatic rings. The first-order valence-electron chi connectivity index (χ1n) is 12.9. The van der Waals surface area contributed by atoms with E-state index in [-0.39, 0.29) is 11.2 Å². The van der Waals surface area contributed by atoms with Crippen molar-refractivity contribution in [2.24, 2.45) is 5.41 Å². The largest absolute Gasteiger partial charge is 0.378 e. The molecule has 0 spiro atoms. The molecular formula is C28H33N5O2S. The Hall–Kier alpha value is -2.81. The van der Waals surface area contributed by atoms with Gasteiger partial charge in [0.2, 0.25) is 0 Å². The first-order valence-corrected chi connectivity index (χ1v) is 13.7. The van der Waals surface area contributed by atoms with Crippen molar-refractivity contribution in [1.29, 1.82) is 0 Å². The molecule has 7 nitrogen and oxygen atoms in total. The molecule has 2 saturated heterocycles. The minimum Gasteiger partial charge on any atom is -0.378 e. The first kappa shape index (κ1) is 23.6. The van der Waals surface area contributed by atoms with Gasteiger partial charge in [-0.05, 0) is 35.6 Å². The maximum absolute atomic E-state index is 13.2.